The number of hydrogen-bond donors (Lipinski definition) is 2. The Morgan fingerprint density at radius 2 is 1.79 bits per heavy atom. The molecular formula is C21H32N4O3. The molecule has 1 saturated heterocycles. The van der Waals surface area contributed by atoms with Crippen molar-refractivity contribution in [1.29, 1.82) is 0 Å². The zero-order chi connectivity index (χ0) is 19.9. The van der Waals surface area contributed by atoms with Gasteiger partial charge in [-0.05, 0) is 25.8 Å². The van der Waals surface area contributed by atoms with Crippen LogP contribution in [0, 0.1) is 6.92 Å². The summed E-state index contributed by atoms with van der Waals surface area (Å²) in [6.07, 6.45) is 4.32. The molecule has 154 valence electrons. The molecule has 28 heavy (non-hydrogen) atoms. The monoisotopic (exact) mass is 388 g/mol. The summed E-state index contributed by atoms with van der Waals surface area (Å²) in [7, 11) is 1.70. The van der Waals surface area contributed by atoms with E-state index in [2.05, 4.69) is 39.5 Å². The third kappa shape index (κ3) is 5.94. The Labute approximate surface area is 167 Å². The SMILES string of the molecule is COc1ccc(C)cc1CN1CCN(CC(=O)NC(=O)NC2CCCC2)CC1. The lowest BCUT2D eigenvalue weighted by Gasteiger charge is -2.34. The molecule has 7 nitrogen and oxygen atoms in total. The summed E-state index contributed by atoms with van der Waals surface area (Å²) in [6, 6.07) is 6.10. The molecule has 0 unspecified atom stereocenters. The van der Waals surface area contributed by atoms with Gasteiger partial charge in [-0.1, -0.05) is 30.5 Å². The lowest BCUT2D eigenvalue weighted by atomic mass is 10.1. The Hall–Kier alpha value is -2.12. The first-order chi connectivity index (χ1) is 13.5. The van der Waals surface area contributed by atoms with Gasteiger partial charge in [0.2, 0.25) is 5.91 Å². The average Bonchev–Trinajstić information content (AvgIpc) is 3.16. The summed E-state index contributed by atoms with van der Waals surface area (Å²) in [6.45, 7) is 6.59. The maximum absolute atomic E-state index is 12.1. The van der Waals surface area contributed by atoms with Crippen LogP contribution in [-0.4, -0.2) is 67.6 Å². The van der Waals surface area contributed by atoms with E-state index in [-0.39, 0.29) is 24.5 Å². The molecule has 1 aliphatic carbocycles. The fourth-order valence-corrected chi connectivity index (χ4v) is 4.04. The highest BCUT2D eigenvalue weighted by molar-refractivity contribution is 5.95. The fourth-order valence-electron chi connectivity index (χ4n) is 4.04. The molecule has 3 rings (SSSR count). The van der Waals surface area contributed by atoms with Crippen molar-refractivity contribution in [3.05, 3.63) is 29.3 Å². The van der Waals surface area contributed by atoms with E-state index in [4.69, 9.17) is 4.74 Å². The van der Waals surface area contributed by atoms with Crippen LogP contribution in [0.2, 0.25) is 0 Å². The number of ether oxygens (including phenoxy) is 1. The van der Waals surface area contributed by atoms with Crippen LogP contribution in [0.3, 0.4) is 0 Å². The predicted molar refractivity (Wildman–Crippen MR) is 108 cm³/mol. The number of imide groups is 1. The zero-order valence-electron chi connectivity index (χ0n) is 17.0. The van der Waals surface area contributed by atoms with E-state index in [1.165, 1.54) is 11.1 Å². The number of carbonyl (C=O) groups excluding carboxylic acids is 2. The molecule has 0 bridgehead atoms. The molecule has 0 spiro atoms. The number of piperazine rings is 1. The van der Waals surface area contributed by atoms with Gasteiger partial charge in [0.1, 0.15) is 5.75 Å². The van der Waals surface area contributed by atoms with Crippen molar-refractivity contribution in [2.24, 2.45) is 0 Å². The number of benzene rings is 1. The van der Waals surface area contributed by atoms with Crippen LogP contribution >= 0.6 is 0 Å². The first kappa shape index (κ1) is 20.6. The molecule has 1 saturated carbocycles. The number of carbonyl (C=O) groups is 2. The Morgan fingerprint density at radius 3 is 2.46 bits per heavy atom. The number of amides is 3. The van der Waals surface area contributed by atoms with Crippen molar-refractivity contribution in [2.75, 3.05) is 39.8 Å². The largest absolute Gasteiger partial charge is 0.496 e. The topological polar surface area (TPSA) is 73.9 Å². The normalized spacial score (nSPS) is 18.8. The summed E-state index contributed by atoms with van der Waals surface area (Å²) < 4.78 is 5.47. The molecule has 3 amide bonds. The minimum atomic E-state index is -0.359. The third-order valence-electron chi connectivity index (χ3n) is 5.61. The number of rotatable bonds is 6. The number of nitrogens with zero attached hydrogens (tertiary/aromatic N) is 2. The van der Waals surface area contributed by atoms with E-state index < -0.39 is 0 Å². The highest BCUT2D eigenvalue weighted by Gasteiger charge is 2.22. The molecule has 7 heteroatoms. The Morgan fingerprint density at radius 1 is 1.11 bits per heavy atom. The molecule has 1 aromatic rings. The van der Waals surface area contributed by atoms with Gasteiger partial charge in [-0.25, -0.2) is 4.79 Å². The first-order valence-corrected chi connectivity index (χ1v) is 10.2. The molecule has 1 aromatic carbocycles. The smallest absolute Gasteiger partial charge is 0.321 e. The minimum absolute atomic E-state index is 0.218. The number of hydrogen-bond acceptors (Lipinski definition) is 5. The molecule has 0 aromatic heterocycles. The van der Waals surface area contributed by atoms with Crippen LogP contribution in [0.25, 0.3) is 0 Å². The second-order valence-corrected chi connectivity index (χ2v) is 7.87. The van der Waals surface area contributed by atoms with Gasteiger partial charge in [0.25, 0.3) is 0 Å². The molecule has 0 atom stereocenters. The van der Waals surface area contributed by atoms with Gasteiger partial charge in [-0.2, -0.15) is 0 Å². The summed E-state index contributed by atoms with van der Waals surface area (Å²) in [5.41, 5.74) is 2.42. The van der Waals surface area contributed by atoms with E-state index >= 15 is 0 Å². The molecule has 1 aliphatic heterocycles. The van der Waals surface area contributed by atoms with Gasteiger partial charge in [-0.15, -0.1) is 0 Å². The van der Waals surface area contributed by atoms with E-state index in [0.717, 1.165) is 64.2 Å². The van der Waals surface area contributed by atoms with E-state index in [1.807, 2.05) is 6.07 Å². The molecule has 0 radical (unpaired) electrons. The van der Waals surface area contributed by atoms with Crippen LogP contribution in [0.5, 0.6) is 5.75 Å². The van der Waals surface area contributed by atoms with Gasteiger partial charge in [0.05, 0.1) is 13.7 Å². The number of nitrogens with one attached hydrogen (secondary N) is 2. The minimum Gasteiger partial charge on any atom is -0.496 e. The van der Waals surface area contributed by atoms with Crippen molar-refractivity contribution in [3.63, 3.8) is 0 Å². The van der Waals surface area contributed by atoms with E-state index in [0.29, 0.717) is 0 Å². The van der Waals surface area contributed by atoms with Gasteiger partial charge in [-0.3, -0.25) is 19.9 Å². The van der Waals surface area contributed by atoms with Crippen molar-refractivity contribution in [3.8, 4) is 5.75 Å². The second-order valence-electron chi connectivity index (χ2n) is 7.87. The highest BCUT2D eigenvalue weighted by Crippen LogP contribution is 2.22. The van der Waals surface area contributed by atoms with E-state index in [9.17, 15) is 9.59 Å². The van der Waals surface area contributed by atoms with Crippen LogP contribution in [0.4, 0.5) is 4.79 Å². The average molecular weight is 389 g/mol. The predicted octanol–water partition coefficient (Wildman–Crippen LogP) is 1.89. The summed E-state index contributed by atoms with van der Waals surface area (Å²) in [4.78, 5) is 28.5. The second kappa shape index (κ2) is 9.89. The lowest BCUT2D eigenvalue weighted by Crippen LogP contribution is -2.51. The van der Waals surface area contributed by atoms with Gasteiger partial charge in [0.15, 0.2) is 0 Å². The van der Waals surface area contributed by atoms with Crippen molar-refractivity contribution < 1.29 is 14.3 Å². The molecule has 2 aliphatic rings. The fraction of sp³-hybridized carbons (Fsp3) is 0.619. The molecule has 2 N–H and O–H groups in total. The Kier molecular flexibility index (Phi) is 7.28. The standard InChI is InChI=1S/C21H32N4O3/c1-16-7-8-19(28-2)17(13-16)14-24-9-11-25(12-10-24)15-20(26)23-21(27)22-18-5-3-4-6-18/h7-8,13,18H,3-6,9-12,14-15H2,1-2H3,(H2,22,23,26,27). The molecular weight excluding hydrogens is 356 g/mol. The number of methoxy groups -OCH3 is 1. The van der Waals surface area contributed by atoms with Gasteiger partial charge < -0.3 is 10.1 Å². The number of aryl methyl sites for hydroxylation is 1. The number of urea groups is 1. The maximum atomic E-state index is 12.1. The van der Waals surface area contributed by atoms with Crippen LogP contribution < -0.4 is 15.4 Å². The zero-order valence-corrected chi connectivity index (χ0v) is 17.0. The summed E-state index contributed by atoms with van der Waals surface area (Å²) in [5, 5.41) is 5.35. The third-order valence-corrected chi connectivity index (χ3v) is 5.61. The lowest BCUT2D eigenvalue weighted by molar-refractivity contribution is -0.121. The summed E-state index contributed by atoms with van der Waals surface area (Å²) in [5.74, 6) is 0.685. The maximum Gasteiger partial charge on any atom is 0.321 e. The van der Waals surface area contributed by atoms with E-state index in [1.54, 1.807) is 7.11 Å². The van der Waals surface area contributed by atoms with Crippen LogP contribution in [-0.2, 0) is 11.3 Å². The first-order valence-electron chi connectivity index (χ1n) is 10.2. The van der Waals surface area contributed by atoms with Crippen molar-refractivity contribution in [2.45, 2.75) is 45.2 Å². The van der Waals surface area contributed by atoms with Crippen molar-refractivity contribution >= 4 is 11.9 Å². The van der Waals surface area contributed by atoms with Crippen LogP contribution in [0.15, 0.2) is 18.2 Å². The quantitative estimate of drug-likeness (QED) is 0.779. The highest BCUT2D eigenvalue weighted by atomic mass is 16.5. The van der Waals surface area contributed by atoms with Gasteiger partial charge in [0, 0.05) is 44.3 Å². The van der Waals surface area contributed by atoms with Crippen LogP contribution in [0.1, 0.15) is 36.8 Å². The summed E-state index contributed by atoms with van der Waals surface area (Å²) >= 11 is 0. The Bertz CT molecular complexity index is 680. The van der Waals surface area contributed by atoms with Crippen molar-refractivity contribution in [1.82, 2.24) is 20.4 Å². The van der Waals surface area contributed by atoms with Gasteiger partial charge >= 0.3 is 6.03 Å². The molecule has 1 heterocycles. The Balaban J connectivity index is 1.39. The molecule has 2 fully saturated rings.